The molecule has 1 aromatic rings. The number of nitrogens with one attached hydrogen (secondary N) is 1. The van der Waals surface area contributed by atoms with Crippen LogP contribution < -0.4 is 11.1 Å². The third-order valence-electron chi connectivity index (χ3n) is 3.47. The number of guanidine groups is 1. The van der Waals surface area contributed by atoms with Gasteiger partial charge in [0.25, 0.3) is 0 Å². The normalized spacial score (nSPS) is 17.2. The Hall–Kier alpha value is -1.76. The van der Waals surface area contributed by atoms with Gasteiger partial charge in [-0.15, -0.1) is 0 Å². The molecule has 2 rings (SSSR count). The van der Waals surface area contributed by atoms with Gasteiger partial charge in [-0.1, -0.05) is 12.1 Å². The minimum atomic E-state index is -4.68. The average Bonchev–Trinajstić information content (AvgIpc) is 2.44. The van der Waals surface area contributed by atoms with E-state index in [-0.39, 0.29) is 5.96 Å². The molecule has 4 nitrogen and oxygen atoms in total. The van der Waals surface area contributed by atoms with Gasteiger partial charge in [-0.05, 0) is 42.9 Å². The lowest BCUT2D eigenvalue weighted by Gasteiger charge is -2.20. The topological polar surface area (TPSA) is 70.6 Å². The molecule has 4 N–H and O–H groups in total. The molecule has 0 radical (unpaired) electrons. The molecular weight excluding hydrogens is 283 g/mol. The molecule has 1 unspecified atom stereocenters. The zero-order valence-electron chi connectivity index (χ0n) is 11.5. The van der Waals surface area contributed by atoms with Crippen LogP contribution in [0, 0.1) is 0 Å². The largest absolute Gasteiger partial charge is 0.416 e. The van der Waals surface area contributed by atoms with E-state index in [0.717, 1.165) is 36.9 Å². The summed E-state index contributed by atoms with van der Waals surface area (Å²) in [5.74, 6) is -0.128. The van der Waals surface area contributed by atoms with Crippen molar-refractivity contribution in [3.63, 3.8) is 0 Å². The highest BCUT2D eigenvalue weighted by atomic mass is 19.4. The number of alkyl halides is 3. The highest BCUT2D eigenvalue weighted by molar-refractivity contribution is 5.93. The van der Waals surface area contributed by atoms with Gasteiger partial charge >= 0.3 is 6.18 Å². The summed E-state index contributed by atoms with van der Waals surface area (Å²) in [6, 6.07) is 5.75. The van der Waals surface area contributed by atoms with Crippen LogP contribution in [0.25, 0.3) is 0 Å². The molecule has 1 atom stereocenters. The van der Waals surface area contributed by atoms with Crippen molar-refractivity contribution in [2.45, 2.75) is 38.0 Å². The number of aliphatic hydroxyl groups is 1. The Balaban J connectivity index is 2.04. The van der Waals surface area contributed by atoms with E-state index in [1.54, 1.807) is 0 Å². The van der Waals surface area contributed by atoms with E-state index in [2.05, 4.69) is 10.3 Å². The Morgan fingerprint density at radius 3 is 2.76 bits per heavy atom. The number of fused-ring (bicyclic) bond motifs is 1. The van der Waals surface area contributed by atoms with Gasteiger partial charge in [0.2, 0.25) is 0 Å². The van der Waals surface area contributed by atoms with Gasteiger partial charge in [-0.25, -0.2) is 0 Å². The van der Waals surface area contributed by atoms with Crippen molar-refractivity contribution in [2.75, 3.05) is 11.9 Å². The Kier molecular flexibility index (Phi) is 4.72. The molecule has 0 fully saturated rings. The predicted octanol–water partition coefficient (Wildman–Crippen LogP) is 2.22. The van der Waals surface area contributed by atoms with Gasteiger partial charge in [-0.2, -0.15) is 13.2 Å². The van der Waals surface area contributed by atoms with Crippen LogP contribution in [0.15, 0.2) is 23.2 Å². The average molecular weight is 301 g/mol. The van der Waals surface area contributed by atoms with Crippen molar-refractivity contribution in [1.29, 1.82) is 0 Å². The molecule has 116 valence electrons. The fourth-order valence-corrected chi connectivity index (χ4v) is 2.36. The number of aliphatic hydroxyl groups excluding tert-OH is 1. The first-order valence-corrected chi connectivity index (χ1v) is 6.80. The maximum Gasteiger partial charge on any atom is 0.416 e. The van der Waals surface area contributed by atoms with Crippen LogP contribution in [-0.2, 0) is 12.8 Å². The molecule has 0 spiro atoms. The van der Waals surface area contributed by atoms with Crippen LogP contribution >= 0.6 is 0 Å². The zero-order valence-corrected chi connectivity index (χ0v) is 11.5. The maximum atomic E-state index is 12.2. The Labute approximate surface area is 120 Å². The maximum absolute atomic E-state index is 12.2. The van der Waals surface area contributed by atoms with Crippen LogP contribution in [0.4, 0.5) is 18.9 Å². The van der Waals surface area contributed by atoms with Crippen LogP contribution in [0.3, 0.4) is 0 Å². The van der Waals surface area contributed by atoms with Crippen molar-refractivity contribution in [3.8, 4) is 0 Å². The van der Waals surface area contributed by atoms with Crippen molar-refractivity contribution in [3.05, 3.63) is 29.3 Å². The molecule has 0 aliphatic heterocycles. The summed E-state index contributed by atoms with van der Waals surface area (Å²) in [5.41, 5.74) is 8.73. The summed E-state index contributed by atoms with van der Waals surface area (Å²) in [5, 5.41) is 11.7. The number of anilines is 1. The highest BCUT2D eigenvalue weighted by Crippen LogP contribution is 2.27. The molecule has 0 saturated heterocycles. The molecular formula is C14H18F3N3O. The number of hydrogen-bond acceptors (Lipinski definition) is 2. The van der Waals surface area contributed by atoms with Crippen LogP contribution in [-0.4, -0.2) is 29.9 Å². The summed E-state index contributed by atoms with van der Waals surface area (Å²) >= 11 is 0. The Morgan fingerprint density at radius 2 is 2.05 bits per heavy atom. The van der Waals surface area contributed by atoms with Crippen LogP contribution in [0.5, 0.6) is 0 Å². The quantitative estimate of drug-likeness (QED) is 0.592. The van der Waals surface area contributed by atoms with E-state index in [0.29, 0.717) is 0 Å². The Bertz CT molecular complexity index is 529. The molecule has 0 amide bonds. The monoisotopic (exact) mass is 301 g/mol. The molecule has 0 saturated carbocycles. The molecule has 0 aromatic heterocycles. The lowest BCUT2D eigenvalue weighted by molar-refractivity contribution is -0.199. The standard InChI is InChI=1S/C14H18F3N3O/c15-14(16,17)12(21)8-19-13(18)20-11-7-3-5-9-4-1-2-6-10(9)11/h3,5,7,12,21H,1-2,4,6,8H2,(H3,18,19,20). The molecule has 1 aliphatic carbocycles. The third-order valence-corrected chi connectivity index (χ3v) is 3.47. The molecule has 1 aromatic carbocycles. The SMILES string of the molecule is NC(=NCC(O)C(F)(F)F)Nc1cccc2c1CCCC2. The van der Waals surface area contributed by atoms with Crippen molar-refractivity contribution < 1.29 is 18.3 Å². The molecule has 0 heterocycles. The lowest BCUT2D eigenvalue weighted by Crippen LogP contribution is -2.33. The highest BCUT2D eigenvalue weighted by Gasteiger charge is 2.37. The number of hydrogen-bond donors (Lipinski definition) is 3. The number of aryl methyl sites for hydroxylation is 1. The zero-order chi connectivity index (χ0) is 15.5. The van der Waals surface area contributed by atoms with Gasteiger partial charge in [0, 0.05) is 5.69 Å². The summed E-state index contributed by atoms with van der Waals surface area (Å²) in [6.45, 7) is -0.808. The van der Waals surface area contributed by atoms with Crippen molar-refractivity contribution in [2.24, 2.45) is 10.7 Å². The summed E-state index contributed by atoms with van der Waals surface area (Å²) < 4.78 is 36.5. The van der Waals surface area contributed by atoms with Gasteiger partial charge in [0.15, 0.2) is 12.1 Å². The number of rotatable bonds is 3. The van der Waals surface area contributed by atoms with Crippen LogP contribution in [0.2, 0.25) is 0 Å². The van der Waals surface area contributed by atoms with Crippen LogP contribution in [0.1, 0.15) is 24.0 Å². The lowest BCUT2D eigenvalue weighted by atomic mass is 9.90. The molecule has 7 heteroatoms. The third kappa shape index (κ3) is 4.10. The van der Waals surface area contributed by atoms with E-state index in [4.69, 9.17) is 10.8 Å². The second-order valence-corrected chi connectivity index (χ2v) is 5.06. The van der Waals surface area contributed by atoms with E-state index in [1.165, 1.54) is 5.56 Å². The van der Waals surface area contributed by atoms with Gasteiger partial charge < -0.3 is 16.2 Å². The number of nitrogens with two attached hydrogens (primary N) is 1. The Morgan fingerprint density at radius 1 is 1.33 bits per heavy atom. The molecule has 21 heavy (non-hydrogen) atoms. The first kappa shape index (κ1) is 15.6. The number of benzene rings is 1. The number of aliphatic imine (C=N–C) groups is 1. The van der Waals surface area contributed by atoms with E-state index in [9.17, 15) is 13.2 Å². The summed E-state index contributed by atoms with van der Waals surface area (Å²) in [6.07, 6.45) is -3.06. The number of nitrogens with zero attached hydrogens (tertiary/aromatic N) is 1. The fraction of sp³-hybridized carbons (Fsp3) is 0.500. The van der Waals surface area contributed by atoms with E-state index in [1.807, 2.05) is 18.2 Å². The van der Waals surface area contributed by atoms with E-state index < -0.39 is 18.8 Å². The summed E-state index contributed by atoms with van der Waals surface area (Å²) in [7, 11) is 0. The molecule has 1 aliphatic rings. The van der Waals surface area contributed by atoms with Gasteiger partial charge in [-0.3, -0.25) is 4.99 Å². The summed E-state index contributed by atoms with van der Waals surface area (Å²) in [4.78, 5) is 3.55. The second-order valence-electron chi connectivity index (χ2n) is 5.06. The minimum Gasteiger partial charge on any atom is -0.382 e. The smallest absolute Gasteiger partial charge is 0.382 e. The first-order valence-electron chi connectivity index (χ1n) is 6.80. The van der Waals surface area contributed by atoms with Gasteiger partial charge in [0.1, 0.15) is 0 Å². The van der Waals surface area contributed by atoms with Crippen molar-refractivity contribution in [1.82, 2.24) is 0 Å². The fourth-order valence-electron chi connectivity index (χ4n) is 2.36. The predicted molar refractivity (Wildman–Crippen MR) is 75.3 cm³/mol. The van der Waals surface area contributed by atoms with Gasteiger partial charge in [0.05, 0.1) is 6.54 Å². The number of halogens is 3. The van der Waals surface area contributed by atoms with E-state index >= 15 is 0 Å². The van der Waals surface area contributed by atoms with Crippen molar-refractivity contribution >= 4 is 11.6 Å². The second kappa shape index (κ2) is 6.34. The molecule has 0 bridgehead atoms. The first-order chi connectivity index (χ1) is 9.88. The minimum absolute atomic E-state index is 0.128.